The molecule has 0 aliphatic carbocycles. The molecule has 2 aromatic heterocycles. The molecule has 0 bridgehead atoms. The molecule has 1 aliphatic rings. The summed E-state index contributed by atoms with van der Waals surface area (Å²) in [5, 5.41) is 14.8. The largest absolute Gasteiger partial charge is 0.506 e. The van der Waals surface area contributed by atoms with Crippen LogP contribution in [0.25, 0.3) is 5.69 Å². The van der Waals surface area contributed by atoms with Crippen molar-refractivity contribution in [3.63, 3.8) is 0 Å². The third kappa shape index (κ3) is 3.88. The molecule has 1 saturated heterocycles. The van der Waals surface area contributed by atoms with Crippen molar-refractivity contribution < 1.29 is 5.11 Å². The Kier molecular flexibility index (Phi) is 6.07. The standard InChI is InChI=1S/C29H30N4OS/c1-5-21-12-10-11-18(2)27(21)32-19(3)17-22(20(32)4)28-26(23-13-8-9-16-30-23)31-29(35)33(28)24-14-6-7-15-25(24)34/h6-17,26,28,34H,5H2,1-4H3,(H,31,35). The fraction of sp³-hybridized carbons (Fsp3) is 0.241. The molecule has 3 heterocycles. The van der Waals surface area contributed by atoms with E-state index in [1.54, 1.807) is 6.07 Å². The average molecular weight is 483 g/mol. The van der Waals surface area contributed by atoms with Crippen LogP contribution in [0.3, 0.4) is 0 Å². The topological polar surface area (TPSA) is 53.3 Å². The minimum atomic E-state index is -0.181. The SMILES string of the molecule is CCc1cccc(C)c1-n1c(C)cc(C2C(c3ccccn3)NC(=S)N2c2ccccc2O)c1C. The molecule has 5 rings (SSSR count). The number of phenols is 1. The molecule has 6 heteroatoms. The molecule has 0 spiro atoms. The van der Waals surface area contributed by atoms with Crippen LogP contribution in [0.15, 0.2) is 72.9 Å². The van der Waals surface area contributed by atoms with Gasteiger partial charge in [0.25, 0.3) is 0 Å². The number of thiocarbonyl (C=S) groups is 1. The molecule has 1 aliphatic heterocycles. The van der Waals surface area contributed by atoms with Crippen LogP contribution in [0.5, 0.6) is 5.75 Å². The molecule has 178 valence electrons. The summed E-state index contributed by atoms with van der Waals surface area (Å²) >= 11 is 5.84. The molecule has 2 aromatic carbocycles. The zero-order chi connectivity index (χ0) is 24.7. The van der Waals surface area contributed by atoms with E-state index in [4.69, 9.17) is 12.2 Å². The number of nitrogens with one attached hydrogen (secondary N) is 1. The molecule has 5 nitrogen and oxygen atoms in total. The van der Waals surface area contributed by atoms with Crippen molar-refractivity contribution in [3.8, 4) is 11.4 Å². The number of hydrogen-bond donors (Lipinski definition) is 2. The number of aromatic hydroxyl groups is 1. The van der Waals surface area contributed by atoms with Crippen molar-refractivity contribution in [1.82, 2.24) is 14.9 Å². The zero-order valence-corrected chi connectivity index (χ0v) is 21.3. The molecule has 0 radical (unpaired) electrons. The van der Waals surface area contributed by atoms with Crippen LogP contribution >= 0.6 is 12.2 Å². The number of para-hydroxylation sites is 3. The summed E-state index contributed by atoms with van der Waals surface area (Å²) in [4.78, 5) is 6.70. The first-order chi connectivity index (χ1) is 16.9. The van der Waals surface area contributed by atoms with E-state index in [-0.39, 0.29) is 17.8 Å². The molecule has 0 saturated carbocycles. The summed E-state index contributed by atoms with van der Waals surface area (Å²) in [5.41, 5.74) is 8.87. The highest BCUT2D eigenvalue weighted by molar-refractivity contribution is 7.80. The van der Waals surface area contributed by atoms with E-state index in [0.29, 0.717) is 10.8 Å². The second-order valence-corrected chi connectivity index (χ2v) is 9.47. The van der Waals surface area contributed by atoms with E-state index >= 15 is 0 Å². The van der Waals surface area contributed by atoms with Crippen LogP contribution < -0.4 is 10.2 Å². The Balaban J connectivity index is 1.73. The number of phenolic OH excluding ortho intramolecular Hbond substituents is 1. The normalized spacial score (nSPS) is 17.6. The summed E-state index contributed by atoms with van der Waals surface area (Å²) in [6.45, 7) is 8.70. The summed E-state index contributed by atoms with van der Waals surface area (Å²) < 4.78 is 2.36. The zero-order valence-electron chi connectivity index (χ0n) is 20.5. The van der Waals surface area contributed by atoms with E-state index < -0.39 is 0 Å². The summed E-state index contributed by atoms with van der Waals surface area (Å²) in [6, 6.07) is 21.7. The number of nitrogens with zero attached hydrogens (tertiary/aromatic N) is 3. The van der Waals surface area contributed by atoms with Crippen LogP contribution in [-0.4, -0.2) is 19.8 Å². The Bertz CT molecular complexity index is 1400. The molecule has 2 unspecified atom stereocenters. The maximum atomic E-state index is 10.8. The van der Waals surface area contributed by atoms with Crippen molar-refractivity contribution in [3.05, 3.63) is 107 Å². The maximum Gasteiger partial charge on any atom is 0.174 e. The Labute approximate surface area is 212 Å². The van der Waals surface area contributed by atoms with Crippen molar-refractivity contribution >= 4 is 23.0 Å². The van der Waals surface area contributed by atoms with Gasteiger partial charge in [0.05, 0.1) is 29.2 Å². The monoisotopic (exact) mass is 482 g/mol. The highest BCUT2D eigenvalue weighted by atomic mass is 32.1. The molecule has 2 N–H and O–H groups in total. The number of rotatable bonds is 5. The van der Waals surface area contributed by atoms with E-state index in [9.17, 15) is 5.11 Å². The van der Waals surface area contributed by atoms with Crippen LogP contribution in [0.4, 0.5) is 5.69 Å². The number of hydrogen-bond acceptors (Lipinski definition) is 3. The van der Waals surface area contributed by atoms with Gasteiger partial charge < -0.3 is 19.9 Å². The lowest BCUT2D eigenvalue weighted by atomic mass is 9.96. The Morgan fingerprint density at radius 2 is 1.77 bits per heavy atom. The molecular formula is C29H30N4OS. The number of aryl methyl sites for hydroxylation is 3. The quantitative estimate of drug-likeness (QED) is 0.330. The van der Waals surface area contributed by atoms with Crippen molar-refractivity contribution in [2.45, 2.75) is 46.2 Å². The highest BCUT2D eigenvalue weighted by Gasteiger charge is 2.43. The van der Waals surface area contributed by atoms with Gasteiger partial charge >= 0.3 is 0 Å². The van der Waals surface area contributed by atoms with Gasteiger partial charge in [0.15, 0.2) is 5.11 Å². The van der Waals surface area contributed by atoms with Gasteiger partial charge in [-0.2, -0.15) is 0 Å². The maximum absolute atomic E-state index is 10.8. The lowest BCUT2D eigenvalue weighted by Gasteiger charge is -2.28. The van der Waals surface area contributed by atoms with Gasteiger partial charge in [-0.15, -0.1) is 0 Å². The third-order valence-electron chi connectivity index (χ3n) is 6.95. The van der Waals surface area contributed by atoms with Crippen LogP contribution in [0, 0.1) is 20.8 Å². The van der Waals surface area contributed by atoms with E-state index in [1.165, 1.54) is 16.8 Å². The Morgan fingerprint density at radius 1 is 1.00 bits per heavy atom. The smallest absolute Gasteiger partial charge is 0.174 e. The van der Waals surface area contributed by atoms with Gasteiger partial charge in [0.1, 0.15) is 5.75 Å². The van der Waals surface area contributed by atoms with Gasteiger partial charge in [0, 0.05) is 17.6 Å². The Morgan fingerprint density at radius 3 is 2.49 bits per heavy atom. The van der Waals surface area contributed by atoms with Crippen LogP contribution in [-0.2, 0) is 6.42 Å². The van der Waals surface area contributed by atoms with E-state index in [1.807, 2.05) is 47.5 Å². The Hall–Kier alpha value is -3.64. The fourth-order valence-corrected chi connectivity index (χ4v) is 5.69. The lowest BCUT2D eigenvalue weighted by molar-refractivity contribution is 0.472. The van der Waals surface area contributed by atoms with Gasteiger partial charge in [-0.1, -0.05) is 43.3 Å². The second kappa shape index (κ2) is 9.19. The molecule has 2 atom stereocenters. The van der Waals surface area contributed by atoms with Crippen molar-refractivity contribution in [1.29, 1.82) is 0 Å². The van der Waals surface area contributed by atoms with Crippen molar-refractivity contribution in [2.24, 2.45) is 0 Å². The van der Waals surface area contributed by atoms with Gasteiger partial charge in [-0.3, -0.25) is 4.98 Å². The summed E-state index contributed by atoms with van der Waals surface area (Å²) in [7, 11) is 0. The van der Waals surface area contributed by atoms with Gasteiger partial charge in [-0.25, -0.2) is 0 Å². The lowest BCUT2D eigenvalue weighted by Crippen LogP contribution is -2.29. The number of pyridine rings is 1. The summed E-state index contributed by atoms with van der Waals surface area (Å²) in [6.07, 6.45) is 2.77. The van der Waals surface area contributed by atoms with Crippen LogP contribution in [0.1, 0.15) is 52.8 Å². The first-order valence-electron chi connectivity index (χ1n) is 12.0. The molecule has 4 aromatic rings. The molecule has 35 heavy (non-hydrogen) atoms. The third-order valence-corrected chi connectivity index (χ3v) is 7.27. The van der Waals surface area contributed by atoms with E-state index in [2.05, 4.69) is 66.8 Å². The molecular weight excluding hydrogens is 452 g/mol. The summed E-state index contributed by atoms with van der Waals surface area (Å²) in [5.74, 6) is 0.198. The average Bonchev–Trinajstić information content (AvgIpc) is 3.35. The second-order valence-electron chi connectivity index (χ2n) is 9.08. The van der Waals surface area contributed by atoms with E-state index in [0.717, 1.165) is 29.1 Å². The van der Waals surface area contributed by atoms with Crippen LogP contribution in [0.2, 0.25) is 0 Å². The number of benzene rings is 2. The van der Waals surface area contributed by atoms with Gasteiger partial charge in [0.2, 0.25) is 0 Å². The molecule has 0 amide bonds. The fourth-order valence-electron chi connectivity index (χ4n) is 5.35. The first-order valence-corrected chi connectivity index (χ1v) is 12.4. The predicted molar refractivity (Wildman–Crippen MR) is 145 cm³/mol. The predicted octanol–water partition coefficient (Wildman–Crippen LogP) is 6.24. The number of aromatic nitrogens is 2. The molecule has 1 fully saturated rings. The minimum Gasteiger partial charge on any atom is -0.506 e. The minimum absolute atomic E-state index is 0.167. The highest BCUT2D eigenvalue weighted by Crippen LogP contribution is 2.46. The van der Waals surface area contributed by atoms with Gasteiger partial charge in [-0.05, 0) is 86.4 Å². The van der Waals surface area contributed by atoms with Crippen molar-refractivity contribution in [2.75, 3.05) is 4.90 Å². The number of anilines is 1. The first kappa shape index (κ1) is 23.1.